The van der Waals surface area contributed by atoms with Crippen LogP contribution < -0.4 is 5.32 Å². The summed E-state index contributed by atoms with van der Waals surface area (Å²) in [5.41, 5.74) is 0. The van der Waals surface area contributed by atoms with Gasteiger partial charge in [-0.15, -0.1) is 0 Å². The predicted octanol–water partition coefficient (Wildman–Crippen LogP) is 15.5. The summed E-state index contributed by atoms with van der Waals surface area (Å²) in [7, 11) is 0. The van der Waals surface area contributed by atoms with Gasteiger partial charge in [0.05, 0.1) is 18.8 Å². The molecule has 4 nitrogen and oxygen atoms in total. The number of allylic oxidation sites excluding steroid dienone is 22. The molecule has 1 amide bonds. The van der Waals surface area contributed by atoms with Crippen molar-refractivity contribution in [2.45, 2.75) is 199 Å². The zero-order chi connectivity index (χ0) is 42.8. The molecule has 0 saturated heterocycles. The van der Waals surface area contributed by atoms with Crippen LogP contribution in [0, 0.1) is 0 Å². The van der Waals surface area contributed by atoms with Crippen molar-refractivity contribution >= 4 is 5.91 Å². The molecule has 0 heterocycles. The maximum Gasteiger partial charge on any atom is 0.220 e. The first-order valence-electron chi connectivity index (χ1n) is 23.9. The van der Waals surface area contributed by atoms with Gasteiger partial charge in [0.1, 0.15) is 0 Å². The average molecular weight is 812 g/mol. The fraction of sp³-hybridized carbons (Fsp3) is 0.582. The molecular weight excluding hydrogens is 723 g/mol. The number of carbonyl (C=O) groups is 1. The molecule has 0 radical (unpaired) electrons. The summed E-state index contributed by atoms with van der Waals surface area (Å²) in [6.45, 7) is 4.19. The smallest absolute Gasteiger partial charge is 0.220 e. The Kier molecular flexibility index (Phi) is 46.0. The van der Waals surface area contributed by atoms with Crippen LogP contribution >= 0.6 is 0 Å². The molecule has 0 aromatic heterocycles. The Morgan fingerprint density at radius 2 is 0.746 bits per heavy atom. The number of aliphatic hydroxyl groups is 2. The van der Waals surface area contributed by atoms with Gasteiger partial charge < -0.3 is 15.5 Å². The molecule has 2 unspecified atom stereocenters. The third-order valence-electron chi connectivity index (χ3n) is 9.93. The van der Waals surface area contributed by atoms with Crippen molar-refractivity contribution in [2.75, 3.05) is 6.61 Å². The highest BCUT2D eigenvalue weighted by Gasteiger charge is 2.19. The number of rotatable bonds is 41. The van der Waals surface area contributed by atoms with Crippen molar-refractivity contribution < 1.29 is 15.0 Å². The van der Waals surface area contributed by atoms with Crippen LogP contribution in [0.25, 0.3) is 0 Å². The predicted molar refractivity (Wildman–Crippen MR) is 262 cm³/mol. The molecule has 0 spiro atoms. The van der Waals surface area contributed by atoms with E-state index < -0.39 is 12.1 Å². The van der Waals surface area contributed by atoms with E-state index in [-0.39, 0.29) is 12.5 Å². The molecule has 2 atom stereocenters. The summed E-state index contributed by atoms with van der Waals surface area (Å²) < 4.78 is 0. The number of nitrogens with one attached hydrogen (secondary N) is 1. The lowest BCUT2D eigenvalue weighted by Gasteiger charge is -2.22. The Balaban J connectivity index is 3.71. The molecule has 3 N–H and O–H groups in total. The summed E-state index contributed by atoms with van der Waals surface area (Å²) in [4.78, 5) is 12.4. The maximum atomic E-state index is 12.4. The molecule has 0 aromatic carbocycles. The van der Waals surface area contributed by atoms with Crippen molar-refractivity contribution in [2.24, 2.45) is 0 Å². The molecular formula is C55H89NO3. The van der Waals surface area contributed by atoms with E-state index in [0.29, 0.717) is 12.8 Å². The van der Waals surface area contributed by atoms with Gasteiger partial charge in [-0.1, -0.05) is 218 Å². The molecule has 59 heavy (non-hydrogen) atoms. The van der Waals surface area contributed by atoms with Crippen LogP contribution in [0.5, 0.6) is 0 Å². The second-order valence-electron chi connectivity index (χ2n) is 15.4. The van der Waals surface area contributed by atoms with Gasteiger partial charge >= 0.3 is 0 Å². The quantitative estimate of drug-likeness (QED) is 0.0425. The van der Waals surface area contributed by atoms with E-state index in [1.165, 1.54) is 51.4 Å². The minimum atomic E-state index is -0.681. The van der Waals surface area contributed by atoms with E-state index in [9.17, 15) is 15.0 Å². The topological polar surface area (TPSA) is 69.6 Å². The van der Waals surface area contributed by atoms with E-state index in [0.717, 1.165) is 109 Å². The van der Waals surface area contributed by atoms with Crippen LogP contribution in [0.4, 0.5) is 0 Å². The standard InChI is InChI=1S/C55H89NO3/c1-3-5-7-9-11-13-15-16-17-18-19-20-21-22-23-24-25-26-27-28-29-30-31-32-33-34-35-36-37-38-39-40-41-43-45-47-49-51-55(59)56-53(52-57)54(58)50-48-46-44-42-14-12-10-8-6-4-2/h5,7,11,13,16-17,19-20,22-23,25-26,28-29,31-32,34-35,37-38,40-41,53-54,57-58H,3-4,6,8-10,12,14-15,18,21,24,27,30,33,36,39,42-52H2,1-2H3,(H,56,59)/b7-5-,13-11-,17-16-,20-19-,23-22-,26-25-,29-28-,32-31-,35-34-,38-37-,41-40-. The van der Waals surface area contributed by atoms with Crippen LogP contribution in [0.15, 0.2) is 134 Å². The Morgan fingerprint density at radius 1 is 0.424 bits per heavy atom. The van der Waals surface area contributed by atoms with Gasteiger partial charge in [0.2, 0.25) is 5.91 Å². The molecule has 0 rings (SSSR count). The number of hydrogen-bond donors (Lipinski definition) is 3. The molecule has 0 aromatic rings. The van der Waals surface area contributed by atoms with Gasteiger partial charge in [0.25, 0.3) is 0 Å². The van der Waals surface area contributed by atoms with Crippen LogP contribution in [0.2, 0.25) is 0 Å². The Hall–Kier alpha value is -3.47. The van der Waals surface area contributed by atoms with E-state index >= 15 is 0 Å². The monoisotopic (exact) mass is 812 g/mol. The van der Waals surface area contributed by atoms with Gasteiger partial charge in [-0.2, -0.15) is 0 Å². The number of aliphatic hydroxyl groups excluding tert-OH is 2. The Bertz CT molecular complexity index is 1240. The molecule has 0 saturated carbocycles. The molecule has 0 fully saturated rings. The average Bonchev–Trinajstić information content (AvgIpc) is 3.24. The highest BCUT2D eigenvalue weighted by atomic mass is 16.3. The zero-order valence-electron chi connectivity index (χ0n) is 38.0. The van der Waals surface area contributed by atoms with Gasteiger partial charge in [0, 0.05) is 6.42 Å². The fourth-order valence-electron chi connectivity index (χ4n) is 6.30. The maximum absolute atomic E-state index is 12.4. The van der Waals surface area contributed by atoms with Crippen molar-refractivity contribution in [1.82, 2.24) is 5.32 Å². The lowest BCUT2D eigenvalue weighted by atomic mass is 10.0. The summed E-state index contributed by atoms with van der Waals surface area (Å²) in [6, 6.07) is -0.562. The third kappa shape index (κ3) is 45.5. The fourth-order valence-corrected chi connectivity index (χ4v) is 6.30. The third-order valence-corrected chi connectivity index (χ3v) is 9.93. The van der Waals surface area contributed by atoms with Crippen LogP contribution in [-0.2, 0) is 4.79 Å². The molecule has 4 heteroatoms. The Labute approximate surface area is 364 Å². The molecule has 332 valence electrons. The second-order valence-corrected chi connectivity index (χ2v) is 15.4. The van der Waals surface area contributed by atoms with Gasteiger partial charge in [-0.05, 0) is 96.3 Å². The lowest BCUT2D eigenvalue weighted by Crippen LogP contribution is -2.45. The minimum absolute atomic E-state index is 0.0718. The summed E-state index contributed by atoms with van der Waals surface area (Å²) in [5.74, 6) is -0.0718. The van der Waals surface area contributed by atoms with E-state index in [2.05, 4.69) is 153 Å². The lowest BCUT2D eigenvalue weighted by molar-refractivity contribution is -0.123. The van der Waals surface area contributed by atoms with Crippen molar-refractivity contribution in [3.63, 3.8) is 0 Å². The molecule has 0 aliphatic heterocycles. The number of carbonyl (C=O) groups excluding carboxylic acids is 1. The normalized spacial score (nSPS) is 14.2. The second kappa shape index (κ2) is 48.9. The van der Waals surface area contributed by atoms with E-state index in [1.54, 1.807) is 0 Å². The number of unbranched alkanes of at least 4 members (excludes halogenated alkanes) is 12. The van der Waals surface area contributed by atoms with Crippen LogP contribution in [-0.4, -0.2) is 34.9 Å². The van der Waals surface area contributed by atoms with Gasteiger partial charge in [-0.25, -0.2) is 0 Å². The number of amides is 1. The number of hydrogen-bond acceptors (Lipinski definition) is 3. The summed E-state index contributed by atoms with van der Waals surface area (Å²) in [6.07, 6.45) is 76.9. The summed E-state index contributed by atoms with van der Waals surface area (Å²) in [5, 5.41) is 23.0. The van der Waals surface area contributed by atoms with Gasteiger partial charge in [-0.3, -0.25) is 4.79 Å². The largest absolute Gasteiger partial charge is 0.394 e. The van der Waals surface area contributed by atoms with Crippen molar-refractivity contribution in [3.05, 3.63) is 134 Å². The van der Waals surface area contributed by atoms with Crippen LogP contribution in [0.3, 0.4) is 0 Å². The molecule has 0 bridgehead atoms. The summed E-state index contributed by atoms with van der Waals surface area (Å²) >= 11 is 0. The Morgan fingerprint density at radius 3 is 1.10 bits per heavy atom. The first-order valence-corrected chi connectivity index (χ1v) is 23.9. The van der Waals surface area contributed by atoms with E-state index in [1.807, 2.05) is 0 Å². The highest BCUT2D eigenvalue weighted by molar-refractivity contribution is 5.76. The van der Waals surface area contributed by atoms with Crippen molar-refractivity contribution in [1.29, 1.82) is 0 Å². The van der Waals surface area contributed by atoms with Crippen molar-refractivity contribution in [3.8, 4) is 0 Å². The SMILES string of the molecule is CC/C=C\C/C=C\C/C=C\C/C=C\C/C=C\C/C=C\C/C=C\C/C=C\C/C=C\C/C=C\C/C=C\CCCCCC(=O)NC(CO)C(O)CCCCCCCCCCCC. The van der Waals surface area contributed by atoms with E-state index in [4.69, 9.17) is 0 Å². The van der Waals surface area contributed by atoms with Crippen LogP contribution in [0.1, 0.15) is 187 Å². The molecule has 0 aliphatic carbocycles. The first kappa shape index (κ1) is 55.5. The minimum Gasteiger partial charge on any atom is -0.394 e. The highest BCUT2D eigenvalue weighted by Crippen LogP contribution is 2.13. The van der Waals surface area contributed by atoms with Gasteiger partial charge in [0.15, 0.2) is 0 Å². The molecule has 0 aliphatic rings. The zero-order valence-corrected chi connectivity index (χ0v) is 38.0. The first-order chi connectivity index (χ1) is 29.2.